The summed E-state index contributed by atoms with van der Waals surface area (Å²) in [6.07, 6.45) is -0.515. The SMILES string of the molecule is COc1ccc2cc1OCC(=O)NCc1ccc(cc1)O[C@H]1CN(C(=O)COCc3nc4ccccc4[nH]3)C[C@@H]1NC2=O. The van der Waals surface area contributed by atoms with E-state index in [1.807, 2.05) is 36.4 Å². The molecule has 222 valence electrons. The van der Waals surface area contributed by atoms with Gasteiger partial charge in [-0.2, -0.15) is 0 Å². The highest BCUT2D eigenvalue weighted by molar-refractivity contribution is 5.95. The first kappa shape index (κ1) is 28.0. The molecule has 3 aliphatic rings. The number of methoxy groups -OCH3 is 1. The summed E-state index contributed by atoms with van der Waals surface area (Å²) in [5, 5.41) is 5.82. The van der Waals surface area contributed by atoms with E-state index in [0.29, 0.717) is 29.4 Å². The summed E-state index contributed by atoms with van der Waals surface area (Å²) in [4.78, 5) is 48.1. The molecule has 12 heteroatoms. The van der Waals surface area contributed by atoms with Crippen LogP contribution in [-0.2, 0) is 27.5 Å². The summed E-state index contributed by atoms with van der Waals surface area (Å²) in [7, 11) is 1.48. The molecule has 0 spiro atoms. The van der Waals surface area contributed by atoms with E-state index in [2.05, 4.69) is 20.6 Å². The van der Waals surface area contributed by atoms with Gasteiger partial charge in [-0.05, 0) is 48.0 Å². The first-order chi connectivity index (χ1) is 20.9. The normalized spacial score (nSPS) is 18.7. The summed E-state index contributed by atoms with van der Waals surface area (Å²) in [6.45, 7) is 0.559. The lowest BCUT2D eigenvalue weighted by molar-refractivity contribution is -0.135. The Balaban J connectivity index is 1.17. The number of rotatable bonds is 5. The molecule has 12 nitrogen and oxygen atoms in total. The van der Waals surface area contributed by atoms with Crippen molar-refractivity contribution in [3.8, 4) is 17.2 Å². The molecule has 0 unspecified atom stereocenters. The Morgan fingerprint density at radius 2 is 1.91 bits per heavy atom. The van der Waals surface area contributed by atoms with E-state index in [9.17, 15) is 14.4 Å². The summed E-state index contributed by atoms with van der Waals surface area (Å²) in [5.41, 5.74) is 2.91. The van der Waals surface area contributed by atoms with E-state index in [-0.39, 0.29) is 56.4 Å². The van der Waals surface area contributed by atoms with Crippen molar-refractivity contribution in [3.63, 3.8) is 0 Å². The minimum absolute atomic E-state index is 0.149. The number of likely N-dealkylation sites (tertiary alicyclic amines) is 1. The second-order valence-electron chi connectivity index (χ2n) is 10.3. The molecule has 43 heavy (non-hydrogen) atoms. The Labute approximate surface area is 247 Å². The fourth-order valence-corrected chi connectivity index (χ4v) is 5.07. The highest BCUT2D eigenvalue weighted by Crippen LogP contribution is 2.29. The van der Waals surface area contributed by atoms with Crippen LogP contribution in [0.3, 0.4) is 0 Å². The highest BCUT2D eigenvalue weighted by atomic mass is 16.5. The Bertz CT molecular complexity index is 1600. The van der Waals surface area contributed by atoms with Gasteiger partial charge >= 0.3 is 0 Å². The quantitative estimate of drug-likeness (QED) is 0.323. The first-order valence-corrected chi connectivity index (χ1v) is 13.9. The third kappa shape index (κ3) is 6.54. The third-order valence-corrected chi connectivity index (χ3v) is 7.32. The molecular formula is C31H31N5O7. The Morgan fingerprint density at radius 1 is 1.07 bits per heavy atom. The molecule has 1 aromatic heterocycles. The topological polar surface area (TPSA) is 144 Å². The van der Waals surface area contributed by atoms with E-state index in [0.717, 1.165) is 16.6 Å². The van der Waals surface area contributed by atoms with Gasteiger partial charge in [0.1, 0.15) is 30.9 Å². The monoisotopic (exact) mass is 585 g/mol. The maximum absolute atomic E-state index is 13.4. The number of hydrogen-bond acceptors (Lipinski definition) is 8. The number of nitrogens with one attached hydrogen (secondary N) is 3. The van der Waals surface area contributed by atoms with E-state index in [4.69, 9.17) is 18.9 Å². The Hall–Kier alpha value is -5.10. The molecule has 3 aromatic carbocycles. The van der Waals surface area contributed by atoms with Crippen LogP contribution in [0.25, 0.3) is 11.0 Å². The second kappa shape index (κ2) is 12.4. The predicted octanol–water partition coefficient (Wildman–Crippen LogP) is 2.19. The minimum atomic E-state index is -0.515. The van der Waals surface area contributed by atoms with Crippen LogP contribution in [0, 0.1) is 0 Å². The zero-order valence-corrected chi connectivity index (χ0v) is 23.5. The van der Waals surface area contributed by atoms with Gasteiger partial charge in [-0.25, -0.2) is 4.98 Å². The molecule has 0 radical (unpaired) electrons. The molecule has 4 heterocycles. The molecular weight excluding hydrogens is 554 g/mol. The number of carbonyl (C=O) groups excluding carboxylic acids is 3. The van der Waals surface area contributed by atoms with Crippen molar-refractivity contribution >= 4 is 28.8 Å². The van der Waals surface area contributed by atoms with Crippen molar-refractivity contribution in [1.29, 1.82) is 0 Å². The average molecular weight is 586 g/mol. The van der Waals surface area contributed by atoms with Crippen LogP contribution in [0.4, 0.5) is 0 Å². The molecule has 1 saturated heterocycles. The fourth-order valence-electron chi connectivity index (χ4n) is 5.07. The number of para-hydroxylation sites is 2. The van der Waals surface area contributed by atoms with Crippen molar-refractivity contribution < 1.29 is 33.3 Å². The lowest BCUT2D eigenvalue weighted by atomic mass is 10.1. The van der Waals surface area contributed by atoms with Crippen molar-refractivity contribution in [2.45, 2.75) is 25.3 Å². The van der Waals surface area contributed by atoms with E-state index < -0.39 is 12.1 Å². The number of amides is 3. The molecule has 0 saturated carbocycles. The van der Waals surface area contributed by atoms with E-state index >= 15 is 0 Å². The zero-order valence-electron chi connectivity index (χ0n) is 23.5. The standard InChI is InChI=1S/C31H31N5O7/c1-40-25-11-8-20-12-26(25)42-17-29(37)32-13-19-6-9-21(10-7-19)43-27-15-36(14-24(27)35-31(20)39)30(38)18-41-16-28-33-22-4-2-3-5-23(22)34-28/h2-12,24,27H,13-18H2,1H3,(H,32,37)(H,33,34)(H,35,39)/t24-,27-/m0/s1. The number of nitrogens with zero attached hydrogens (tertiary/aromatic N) is 2. The largest absolute Gasteiger partial charge is 0.493 e. The van der Waals surface area contributed by atoms with E-state index in [1.54, 1.807) is 29.2 Å². The Morgan fingerprint density at radius 3 is 2.72 bits per heavy atom. The maximum atomic E-state index is 13.4. The van der Waals surface area contributed by atoms with Gasteiger partial charge in [0.05, 0.1) is 30.7 Å². The number of benzene rings is 3. The highest BCUT2D eigenvalue weighted by Gasteiger charge is 2.38. The van der Waals surface area contributed by atoms with Crippen LogP contribution < -0.4 is 24.8 Å². The number of imidazole rings is 1. The summed E-state index contributed by atoms with van der Waals surface area (Å²) < 4.78 is 23.0. The van der Waals surface area contributed by atoms with Gasteiger partial charge in [0.2, 0.25) is 5.91 Å². The maximum Gasteiger partial charge on any atom is 0.258 e. The molecule has 3 amide bonds. The number of hydrogen-bond donors (Lipinski definition) is 3. The van der Waals surface area contributed by atoms with Crippen LogP contribution in [0.1, 0.15) is 21.7 Å². The number of aromatic amines is 1. The summed E-state index contributed by atoms with van der Waals surface area (Å²) in [6, 6.07) is 19.2. The minimum Gasteiger partial charge on any atom is -0.493 e. The van der Waals surface area contributed by atoms with Crippen LogP contribution in [-0.4, -0.2) is 78.1 Å². The van der Waals surface area contributed by atoms with Crippen LogP contribution in [0.15, 0.2) is 66.7 Å². The van der Waals surface area contributed by atoms with Crippen molar-refractivity contribution in [1.82, 2.24) is 25.5 Å². The van der Waals surface area contributed by atoms with Crippen molar-refractivity contribution in [2.75, 3.05) is 33.4 Å². The second-order valence-corrected chi connectivity index (χ2v) is 10.3. The summed E-state index contributed by atoms with van der Waals surface area (Å²) >= 11 is 0. The fraction of sp³-hybridized carbons (Fsp3) is 0.290. The third-order valence-electron chi connectivity index (χ3n) is 7.32. The number of aromatic nitrogens is 2. The molecule has 4 aromatic rings. The number of fused-ring (bicyclic) bond motifs is 8. The average Bonchev–Trinajstić information content (AvgIpc) is 3.62. The van der Waals surface area contributed by atoms with Gasteiger partial charge in [-0.3, -0.25) is 14.4 Å². The van der Waals surface area contributed by atoms with E-state index in [1.165, 1.54) is 13.2 Å². The molecule has 7 rings (SSSR count). The summed E-state index contributed by atoms with van der Waals surface area (Å²) in [5.74, 6) is 0.930. The van der Waals surface area contributed by atoms with Crippen LogP contribution in [0.2, 0.25) is 0 Å². The number of carbonyl (C=O) groups is 3. The van der Waals surface area contributed by atoms with Gasteiger partial charge in [0.15, 0.2) is 18.1 Å². The van der Waals surface area contributed by atoms with Gasteiger partial charge in [-0.15, -0.1) is 0 Å². The smallest absolute Gasteiger partial charge is 0.258 e. The number of ether oxygens (including phenoxy) is 4. The molecule has 3 N–H and O–H groups in total. The van der Waals surface area contributed by atoms with Gasteiger partial charge in [0, 0.05) is 18.7 Å². The van der Waals surface area contributed by atoms with Crippen molar-refractivity contribution in [2.24, 2.45) is 0 Å². The molecule has 1 fully saturated rings. The van der Waals surface area contributed by atoms with Crippen molar-refractivity contribution in [3.05, 3.63) is 83.7 Å². The van der Waals surface area contributed by atoms with Gasteiger partial charge < -0.3 is 39.5 Å². The van der Waals surface area contributed by atoms with Crippen LogP contribution in [0.5, 0.6) is 17.2 Å². The molecule has 2 atom stereocenters. The number of H-pyrrole nitrogens is 1. The lowest BCUT2D eigenvalue weighted by Crippen LogP contribution is -2.45. The molecule has 3 aliphatic heterocycles. The zero-order chi connectivity index (χ0) is 29.8. The molecule has 0 aliphatic carbocycles. The predicted molar refractivity (Wildman–Crippen MR) is 155 cm³/mol. The van der Waals surface area contributed by atoms with Gasteiger partial charge in [0.25, 0.3) is 11.8 Å². The molecule has 4 bridgehead atoms. The lowest BCUT2D eigenvalue weighted by Gasteiger charge is -2.21. The van der Waals surface area contributed by atoms with Crippen LogP contribution >= 0.6 is 0 Å². The first-order valence-electron chi connectivity index (χ1n) is 13.9. The Kier molecular flexibility index (Phi) is 8.09. The van der Waals surface area contributed by atoms with Gasteiger partial charge in [-0.1, -0.05) is 24.3 Å².